The lowest BCUT2D eigenvalue weighted by Gasteiger charge is -2.25. The van der Waals surface area contributed by atoms with E-state index in [0.29, 0.717) is 6.42 Å². The molecule has 0 aliphatic heterocycles. The molecule has 0 bridgehead atoms. The van der Waals surface area contributed by atoms with Crippen molar-refractivity contribution in [2.24, 2.45) is 11.1 Å². The van der Waals surface area contributed by atoms with Gasteiger partial charge in [0.2, 0.25) is 5.91 Å². The molecule has 100 valence electrons. The van der Waals surface area contributed by atoms with E-state index < -0.39 is 0 Å². The summed E-state index contributed by atoms with van der Waals surface area (Å²) in [6.07, 6.45) is 1.13. The summed E-state index contributed by atoms with van der Waals surface area (Å²) >= 11 is 3.45. The third-order valence-corrected chi connectivity index (χ3v) is 3.38. The van der Waals surface area contributed by atoms with Gasteiger partial charge in [0, 0.05) is 10.9 Å². The van der Waals surface area contributed by atoms with Gasteiger partial charge in [0.15, 0.2) is 0 Å². The molecule has 0 aliphatic carbocycles. The van der Waals surface area contributed by atoms with Crippen molar-refractivity contribution in [3.8, 4) is 5.75 Å². The standard InChI is InChI=1S/C14H20BrNO2/c1-9-5-10(15)6-12(18-4)11(9)7-14(2,3)8-13(16)17/h5-6H,7-8H2,1-4H3,(H2,16,17). The van der Waals surface area contributed by atoms with Gasteiger partial charge < -0.3 is 10.5 Å². The van der Waals surface area contributed by atoms with Gasteiger partial charge in [-0.25, -0.2) is 0 Å². The normalized spacial score (nSPS) is 11.4. The number of aryl methyl sites for hydroxylation is 1. The van der Waals surface area contributed by atoms with E-state index in [2.05, 4.69) is 22.0 Å². The zero-order valence-electron chi connectivity index (χ0n) is 11.3. The van der Waals surface area contributed by atoms with E-state index in [4.69, 9.17) is 10.5 Å². The second-order valence-electron chi connectivity index (χ2n) is 5.39. The number of carbonyl (C=O) groups excluding carboxylic acids is 1. The van der Waals surface area contributed by atoms with Crippen molar-refractivity contribution in [3.63, 3.8) is 0 Å². The predicted molar refractivity (Wildman–Crippen MR) is 76.7 cm³/mol. The van der Waals surface area contributed by atoms with Crippen LogP contribution in [0.4, 0.5) is 0 Å². The molecular formula is C14H20BrNO2. The Morgan fingerprint density at radius 2 is 2.06 bits per heavy atom. The molecule has 1 rings (SSSR count). The van der Waals surface area contributed by atoms with E-state index in [9.17, 15) is 4.79 Å². The Kier molecular flexibility index (Phi) is 4.79. The Hall–Kier alpha value is -1.03. The summed E-state index contributed by atoms with van der Waals surface area (Å²) in [4.78, 5) is 11.1. The number of benzene rings is 1. The number of methoxy groups -OCH3 is 1. The average Bonchev–Trinajstić information content (AvgIpc) is 2.19. The molecule has 0 unspecified atom stereocenters. The van der Waals surface area contributed by atoms with Crippen LogP contribution in [0.3, 0.4) is 0 Å². The molecule has 4 heteroatoms. The fourth-order valence-electron chi connectivity index (χ4n) is 2.16. The minimum Gasteiger partial charge on any atom is -0.496 e. The Labute approximate surface area is 117 Å². The van der Waals surface area contributed by atoms with Crippen LogP contribution in [0.2, 0.25) is 0 Å². The summed E-state index contributed by atoms with van der Waals surface area (Å²) in [6, 6.07) is 4.00. The van der Waals surface area contributed by atoms with Crippen LogP contribution in [0.25, 0.3) is 0 Å². The first kappa shape index (κ1) is 15.0. The highest BCUT2D eigenvalue weighted by Gasteiger charge is 2.24. The van der Waals surface area contributed by atoms with Crippen molar-refractivity contribution in [2.75, 3.05) is 7.11 Å². The summed E-state index contributed by atoms with van der Waals surface area (Å²) in [5, 5.41) is 0. The Balaban J connectivity index is 3.06. The smallest absolute Gasteiger partial charge is 0.217 e. The van der Waals surface area contributed by atoms with Gasteiger partial charge in [0.25, 0.3) is 0 Å². The number of hydrogen-bond acceptors (Lipinski definition) is 2. The summed E-state index contributed by atoms with van der Waals surface area (Å²) in [5.74, 6) is 0.577. The van der Waals surface area contributed by atoms with Crippen LogP contribution in [-0.2, 0) is 11.2 Å². The number of halogens is 1. The van der Waals surface area contributed by atoms with Crippen molar-refractivity contribution >= 4 is 21.8 Å². The molecule has 3 nitrogen and oxygen atoms in total. The molecule has 18 heavy (non-hydrogen) atoms. The van der Waals surface area contributed by atoms with Crippen molar-refractivity contribution < 1.29 is 9.53 Å². The minimum absolute atomic E-state index is 0.169. The zero-order valence-corrected chi connectivity index (χ0v) is 12.9. The molecular weight excluding hydrogens is 294 g/mol. The Morgan fingerprint density at radius 3 is 2.56 bits per heavy atom. The predicted octanol–water partition coefficient (Wildman–Crippen LogP) is 3.21. The van der Waals surface area contributed by atoms with Crippen LogP contribution in [-0.4, -0.2) is 13.0 Å². The molecule has 2 N–H and O–H groups in total. The van der Waals surface area contributed by atoms with E-state index >= 15 is 0 Å². The summed E-state index contributed by atoms with van der Waals surface area (Å²) in [7, 11) is 1.66. The Morgan fingerprint density at radius 1 is 1.44 bits per heavy atom. The van der Waals surface area contributed by atoms with Crippen LogP contribution < -0.4 is 10.5 Å². The van der Waals surface area contributed by atoms with Crippen molar-refractivity contribution in [1.29, 1.82) is 0 Å². The van der Waals surface area contributed by atoms with Crippen LogP contribution in [0.5, 0.6) is 5.75 Å². The molecule has 0 aliphatic rings. The first-order valence-electron chi connectivity index (χ1n) is 5.86. The van der Waals surface area contributed by atoms with Crippen LogP contribution in [0, 0.1) is 12.3 Å². The van der Waals surface area contributed by atoms with Gasteiger partial charge in [0.1, 0.15) is 5.75 Å². The number of amides is 1. The fraction of sp³-hybridized carbons (Fsp3) is 0.500. The van der Waals surface area contributed by atoms with Crippen molar-refractivity contribution in [2.45, 2.75) is 33.6 Å². The van der Waals surface area contributed by atoms with Gasteiger partial charge in [-0.05, 0) is 42.0 Å². The van der Waals surface area contributed by atoms with Gasteiger partial charge in [0.05, 0.1) is 7.11 Å². The minimum atomic E-state index is -0.270. The van der Waals surface area contributed by atoms with E-state index in [1.165, 1.54) is 0 Å². The number of rotatable bonds is 5. The zero-order chi connectivity index (χ0) is 13.9. The molecule has 1 aromatic rings. The molecule has 0 saturated heterocycles. The lowest BCUT2D eigenvalue weighted by Crippen LogP contribution is -2.25. The van der Waals surface area contributed by atoms with Crippen molar-refractivity contribution in [1.82, 2.24) is 0 Å². The SMILES string of the molecule is COc1cc(Br)cc(C)c1CC(C)(C)CC(N)=O. The monoisotopic (exact) mass is 313 g/mol. The quantitative estimate of drug-likeness (QED) is 0.907. The molecule has 0 heterocycles. The van der Waals surface area contributed by atoms with E-state index in [0.717, 1.165) is 27.8 Å². The number of nitrogens with two attached hydrogens (primary N) is 1. The lowest BCUT2D eigenvalue weighted by atomic mass is 9.81. The highest BCUT2D eigenvalue weighted by molar-refractivity contribution is 9.10. The second-order valence-corrected chi connectivity index (χ2v) is 6.30. The first-order valence-corrected chi connectivity index (χ1v) is 6.66. The summed E-state index contributed by atoms with van der Waals surface area (Å²) in [5.41, 5.74) is 7.40. The van der Waals surface area contributed by atoms with Gasteiger partial charge >= 0.3 is 0 Å². The number of hydrogen-bond donors (Lipinski definition) is 1. The topological polar surface area (TPSA) is 52.3 Å². The molecule has 0 radical (unpaired) electrons. The molecule has 0 saturated carbocycles. The largest absolute Gasteiger partial charge is 0.496 e. The van der Waals surface area contributed by atoms with E-state index in [-0.39, 0.29) is 11.3 Å². The van der Waals surface area contributed by atoms with Gasteiger partial charge in [-0.2, -0.15) is 0 Å². The molecule has 1 aromatic carbocycles. The number of primary amides is 1. The highest BCUT2D eigenvalue weighted by Crippen LogP contribution is 2.34. The number of carbonyl (C=O) groups is 1. The maximum absolute atomic E-state index is 11.1. The first-order chi connectivity index (χ1) is 8.25. The lowest BCUT2D eigenvalue weighted by molar-refractivity contribution is -0.119. The summed E-state index contributed by atoms with van der Waals surface area (Å²) in [6.45, 7) is 6.13. The fourth-order valence-corrected chi connectivity index (χ4v) is 2.71. The maximum atomic E-state index is 11.1. The van der Waals surface area contributed by atoms with E-state index in [1.54, 1.807) is 7.11 Å². The maximum Gasteiger partial charge on any atom is 0.217 e. The summed E-state index contributed by atoms with van der Waals surface area (Å²) < 4.78 is 6.41. The van der Waals surface area contributed by atoms with Crippen LogP contribution >= 0.6 is 15.9 Å². The van der Waals surface area contributed by atoms with Crippen molar-refractivity contribution in [3.05, 3.63) is 27.7 Å². The van der Waals surface area contributed by atoms with E-state index in [1.807, 2.05) is 26.8 Å². The highest BCUT2D eigenvalue weighted by atomic mass is 79.9. The number of ether oxygens (including phenoxy) is 1. The molecule has 0 fully saturated rings. The molecule has 0 spiro atoms. The Bertz CT molecular complexity index is 455. The van der Waals surface area contributed by atoms with Crippen LogP contribution in [0.1, 0.15) is 31.4 Å². The van der Waals surface area contributed by atoms with Crippen LogP contribution in [0.15, 0.2) is 16.6 Å². The molecule has 1 amide bonds. The van der Waals surface area contributed by atoms with Gasteiger partial charge in [-0.3, -0.25) is 4.79 Å². The molecule has 0 atom stereocenters. The van der Waals surface area contributed by atoms with Gasteiger partial charge in [-0.15, -0.1) is 0 Å². The molecule has 0 aromatic heterocycles. The third kappa shape index (κ3) is 4.02. The second kappa shape index (κ2) is 5.74. The third-order valence-electron chi connectivity index (χ3n) is 2.92. The average molecular weight is 314 g/mol. The van der Waals surface area contributed by atoms with Gasteiger partial charge in [-0.1, -0.05) is 29.8 Å².